The Balaban J connectivity index is 0.000000148. The SMILES string of the molecule is C.C=S1(=O)N[C@@H](c2cc(-c3cn[nH]c3)cs2)C[C@@H](C(=O)Nc2ccc(F)c(Cl)c2)N1C.C=S1(=O)N[C@@H](c2ccc(-c3cn[nH]c3)s2)C[C@@H](C(=O)Nc2ccc(F)c(Cl)c2)N1C.C=S1(=O)N[C@@H](c2ncc(-c3cn[nH]c3)s2)C[C@@H](C(=O)Nc2ccc(F)c(Cl)c2)N1C.CN1[C@H](C(=O)Nc2ccc(F)c(Cl)c2)C[C@H](c2ccc(-c3cn(C)cn3)s2)NS1(=O)=O. The van der Waals surface area contributed by atoms with Crippen LogP contribution in [0.5, 0.6) is 0 Å². The molecule has 4 saturated heterocycles. The van der Waals surface area contributed by atoms with Gasteiger partial charge in [0.15, 0.2) is 0 Å². The molecule has 4 aromatic carbocycles. The van der Waals surface area contributed by atoms with Crippen molar-refractivity contribution in [3.63, 3.8) is 0 Å². The Bertz CT molecular complexity index is 5840. The summed E-state index contributed by atoms with van der Waals surface area (Å²) in [5.41, 5.74) is 5.93. The molecule has 4 aliphatic heterocycles. The number of H-pyrrole nitrogens is 3. The van der Waals surface area contributed by atoms with Crippen LogP contribution in [0, 0.1) is 23.3 Å². The van der Waals surface area contributed by atoms with Gasteiger partial charge in [-0.15, -0.1) is 45.3 Å². The lowest BCUT2D eigenvalue weighted by molar-refractivity contribution is -0.120. The van der Waals surface area contributed by atoms with Crippen LogP contribution in [0.25, 0.3) is 42.6 Å². The maximum Gasteiger partial charge on any atom is 0.280 e. The molecule has 12 aromatic rings. The molecule has 0 aliphatic carbocycles. The summed E-state index contributed by atoms with van der Waals surface area (Å²) in [6, 6.07) is 20.5. The van der Waals surface area contributed by atoms with Crippen molar-refractivity contribution >= 4 is 196 Å². The zero-order chi connectivity index (χ0) is 86.7. The number of benzene rings is 4. The van der Waals surface area contributed by atoms with Crippen molar-refractivity contribution in [3.05, 3.63) is 227 Å². The standard InChI is InChI=1S/C19H19ClFN5O3S2.2C19H19ClFN5O2S2.C18H18ClFN6O2S2.CH4/c1-25-9-15(22-10-25)18-6-5-17(30-18)14-8-16(26(2)31(28,29)24-14)19(27)23-11-3-4-13(21)12(20)7-11;1-26-17(19(27)24-13-3-4-15(21)14(20)6-13)7-16(25-30(26,2)28)18-5-11(10-29-18)12-8-22-23-9-12;1-26-16(19(27)24-12-3-4-14(21)13(20)7-12)8-15(25-30(26,2)28)18-6-5-17(29-18)11-9-22-23-10-11;1-26-15(17(27)24-11-3-4-13(20)12(19)5-11)6-14(25-30(26,2)28)18-21-9-16(29-18)10-7-22-23-8-10;/h3-7,9-10,14,16,24H,8H2,1-2H3,(H,23,27);3-6,8-10,16-17H,2,7H2,1H3,(H,22,23)(H,24,27)(H,25,28);3-7,9-10,15-16H,2,8H2,1H3,(H,22,23)(H,24,27)(H,25,28);3-5,7-9,14-15H,2,6H2,1H3,(H,22,23)(H,24,27)(H,25,28);1H4/t14-,16+;16-,17+,30?;15-,16+,30?;14-,15+,30?;/m1111./s1. The second-order valence-corrected chi connectivity index (χ2v) is 41.7. The van der Waals surface area contributed by atoms with Gasteiger partial charge in [-0.3, -0.25) is 34.5 Å². The highest BCUT2D eigenvalue weighted by Crippen LogP contribution is 2.41. The molecule has 12 heterocycles. The number of rotatable bonds is 16. The Hall–Kier alpha value is -9.10. The molecule has 0 bridgehead atoms. The van der Waals surface area contributed by atoms with E-state index in [9.17, 15) is 57.8 Å². The first-order chi connectivity index (χ1) is 57.4. The topological polar surface area (TPSA) is 380 Å². The number of halogens is 8. The van der Waals surface area contributed by atoms with Gasteiger partial charge in [0.05, 0.1) is 114 Å². The number of likely N-dealkylation sites (N-methyl/N-ethyl adjacent to an activating group) is 4. The van der Waals surface area contributed by atoms with Crippen LogP contribution in [-0.2, 0) is 66.1 Å². The van der Waals surface area contributed by atoms with Crippen molar-refractivity contribution in [2.75, 3.05) is 49.5 Å². The molecule has 0 saturated carbocycles. The van der Waals surface area contributed by atoms with Gasteiger partial charge in [-0.2, -0.15) is 32.7 Å². The van der Waals surface area contributed by atoms with E-state index in [4.69, 9.17) is 46.4 Å². The van der Waals surface area contributed by atoms with Crippen molar-refractivity contribution < 1.29 is 57.8 Å². The van der Waals surface area contributed by atoms with E-state index in [2.05, 4.69) is 98.3 Å². The Morgan fingerprint density at radius 1 is 0.434 bits per heavy atom. The zero-order valence-corrected chi connectivity index (χ0v) is 73.6. The number of aromatic amines is 3. The predicted molar refractivity (Wildman–Crippen MR) is 480 cm³/mol. The normalized spacial score (nSPS) is 23.5. The first-order valence-corrected chi connectivity index (χ1v) is 47.3. The molecular formula is C76H79Cl4F4N21O9S8. The van der Waals surface area contributed by atoms with E-state index in [0.717, 1.165) is 67.6 Å². The van der Waals surface area contributed by atoms with E-state index in [0.29, 0.717) is 41.3 Å². The molecule has 11 atom stereocenters. The average molecular weight is 1900 g/mol. The first kappa shape index (κ1) is 92.1. The monoisotopic (exact) mass is 1900 g/mol. The van der Waals surface area contributed by atoms with Crippen molar-refractivity contribution in [1.82, 2.24) is 81.2 Å². The maximum atomic E-state index is 13.4. The number of nitrogens with zero attached hydrogens (tertiary/aromatic N) is 10. The number of hydrogen-bond acceptors (Lipinski definition) is 18. The van der Waals surface area contributed by atoms with Gasteiger partial charge in [-0.1, -0.05) is 53.8 Å². The lowest BCUT2D eigenvalue weighted by atomic mass is 10.0. The number of nitrogens with one attached hydrogen (secondary N) is 11. The smallest absolute Gasteiger partial charge is 0.280 e. The molecule has 646 valence electrons. The molecule has 0 radical (unpaired) electrons. The van der Waals surface area contributed by atoms with Gasteiger partial charge in [0, 0.05) is 125 Å². The highest BCUT2D eigenvalue weighted by Gasteiger charge is 2.44. The molecule has 46 heteroatoms. The second kappa shape index (κ2) is 38.6. The van der Waals surface area contributed by atoms with Crippen LogP contribution in [0.2, 0.25) is 20.1 Å². The summed E-state index contributed by atoms with van der Waals surface area (Å²) in [5, 5.41) is 33.2. The molecule has 16 rings (SSSR count). The van der Waals surface area contributed by atoms with Crippen molar-refractivity contribution in [1.29, 1.82) is 0 Å². The van der Waals surface area contributed by atoms with E-state index < -0.39 is 111 Å². The minimum Gasteiger partial charge on any atom is -0.340 e. The summed E-state index contributed by atoms with van der Waals surface area (Å²) in [6.45, 7) is 0. The number of thiazole rings is 1. The third kappa shape index (κ3) is 21.6. The second-order valence-electron chi connectivity index (χ2n) is 27.8. The van der Waals surface area contributed by atoms with Crippen LogP contribution in [0.15, 0.2) is 164 Å². The number of hydrogen-bond donors (Lipinski definition) is 11. The molecule has 0 spiro atoms. The number of carbonyl (C=O) groups excluding carboxylic acids is 4. The number of imidazole rings is 1. The van der Waals surface area contributed by atoms with Crippen molar-refractivity contribution in [2.45, 2.75) is 81.4 Å². The Kier molecular flexibility index (Phi) is 29.1. The van der Waals surface area contributed by atoms with Gasteiger partial charge in [0.2, 0.25) is 23.6 Å². The fraction of sp³-hybridized carbons (Fsp3) is 0.237. The predicted octanol–water partition coefficient (Wildman–Crippen LogP) is 13.5. The number of carbonyl (C=O) groups is 4. The minimum absolute atomic E-state index is 0. The highest BCUT2D eigenvalue weighted by molar-refractivity contribution is 7.97. The molecule has 30 nitrogen and oxygen atoms in total. The lowest BCUT2D eigenvalue weighted by Crippen LogP contribution is -2.55. The Morgan fingerprint density at radius 3 is 1.20 bits per heavy atom. The molecule has 4 fully saturated rings. The van der Waals surface area contributed by atoms with Crippen LogP contribution in [0.4, 0.5) is 40.3 Å². The molecule has 122 heavy (non-hydrogen) atoms. The van der Waals surface area contributed by atoms with Crippen molar-refractivity contribution in [2.24, 2.45) is 7.05 Å². The third-order valence-electron chi connectivity index (χ3n) is 19.7. The van der Waals surface area contributed by atoms with Crippen LogP contribution in [0.3, 0.4) is 0 Å². The highest BCUT2D eigenvalue weighted by atomic mass is 35.5. The number of amides is 4. The largest absolute Gasteiger partial charge is 0.340 e. The summed E-state index contributed by atoms with van der Waals surface area (Å²) in [4.78, 5) is 65.9. The van der Waals surface area contributed by atoms with Crippen LogP contribution in [0.1, 0.15) is 76.9 Å². The van der Waals surface area contributed by atoms with Crippen LogP contribution >= 0.6 is 91.8 Å². The summed E-state index contributed by atoms with van der Waals surface area (Å²) in [6.07, 6.45) is 17.1. The molecule has 4 aliphatic rings. The molecule has 4 amide bonds. The lowest BCUT2D eigenvalue weighted by Gasteiger charge is -2.39. The number of aromatic nitrogens is 9. The van der Waals surface area contributed by atoms with Crippen LogP contribution in [-0.4, -0.2) is 177 Å². The molecular weight excluding hydrogens is 1830 g/mol. The molecule has 3 unspecified atom stereocenters. The van der Waals surface area contributed by atoms with E-state index in [1.165, 1.54) is 132 Å². The van der Waals surface area contributed by atoms with Gasteiger partial charge in [0.1, 0.15) is 52.4 Å². The summed E-state index contributed by atoms with van der Waals surface area (Å²) < 4.78 is 137. The maximum absolute atomic E-state index is 13.4. The van der Waals surface area contributed by atoms with Gasteiger partial charge in [-0.25, -0.2) is 67.2 Å². The third-order valence-corrected chi connectivity index (χ3v) is 32.6. The zero-order valence-electron chi connectivity index (χ0n) is 64.1. The van der Waals surface area contributed by atoms with E-state index in [-0.39, 0.29) is 63.5 Å². The van der Waals surface area contributed by atoms with E-state index in [1.54, 1.807) is 70.8 Å². The van der Waals surface area contributed by atoms with Gasteiger partial charge < -0.3 is 25.8 Å². The van der Waals surface area contributed by atoms with Crippen LogP contribution < -0.4 is 40.2 Å². The Labute approximate surface area is 736 Å². The quantitative estimate of drug-likeness (QED) is 0.0316. The summed E-state index contributed by atoms with van der Waals surface area (Å²) in [7, 11) is -4.61. The number of aryl methyl sites for hydroxylation is 1. The number of thiophene rings is 3. The molecule has 11 N–H and O–H groups in total. The number of anilines is 4. The van der Waals surface area contributed by atoms with Crippen molar-refractivity contribution in [3.8, 4) is 42.6 Å². The fourth-order valence-corrected chi connectivity index (χ4v) is 23.5. The summed E-state index contributed by atoms with van der Waals surface area (Å²) in [5.74, 6) is 7.37. The first-order valence-electron chi connectivity index (χ1n) is 36.0. The molecule has 8 aromatic heterocycles. The Morgan fingerprint density at radius 2 is 0.803 bits per heavy atom. The van der Waals surface area contributed by atoms with Gasteiger partial charge >= 0.3 is 0 Å². The fourth-order valence-electron chi connectivity index (χ4n) is 13.0. The minimum atomic E-state index is -3.89. The average Bonchev–Trinajstić information content (AvgIpc) is 1.28. The van der Waals surface area contributed by atoms with Gasteiger partial charge in [0.25, 0.3) is 10.2 Å². The van der Waals surface area contributed by atoms with E-state index >= 15 is 0 Å². The van der Waals surface area contributed by atoms with E-state index in [1.807, 2.05) is 53.5 Å². The summed E-state index contributed by atoms with van der Waals surface area (Å²) >= 11 is 29.0. The van der Waals surface area contributed by atoms with Gasteiger partial charge in [-0.05, 0) is 157 Å².